The first-order valence-corrected chi connectivity index (χ1v) is 7.02. The van der Waals surface area contributed by atoms with E-state index in [9.17, 15) is 14.9 Å². The predicted octanol–water partition coefficient (Wildman–Crippen LogP) is 3.94. The van der Waals surface area contributed by atoms with Gasteiger partial charge in [0.25, 0.3) is 5.69 Å². The van der Waals surface area contributed by atoms with Crippen LogP contribution < -0.4 is 4.74 Å². The zero-order valence-electron chi connectivity index (χ0n) is 12.5. The molecular weight excluding hydrogens is 282 g/mol. The lowest BCUT2D eigenvalue weighted by Gasteiger charge is -2.10. The Morgan fingerprint density at radius 2 is 1.86 bits per heavy atom. The number of benzene rings is 2. The fourth-order valence-corrected chi connectivity index (χ4v) is 2.25. The molecule has 0 amide bonds. The minimum atomic E-state index is -0.566. The summed E-state index contributed by atoms with van der Waals surface area (Å²) < 4.78 is 5.64. The number of nitrogens with zero attached hydrogens (tertiary/aromatic N) is 1. The van der Waals surface area contributed by atoms with Gasteiger partial charge >= 0.3 is 0 Å². The van der Waals surface area contributed by atoms with Crippen molar-refractivity contribution in [1.82, 2.24) is 0 Å². The SMILES string of the molecule is CCc1ccccc1COc1ccc(C(C)=O)c([N+](=O)[O-])c1. The number of carbonyl (C=O) groups excluding carboxylic acids is 1. The fourth-order valence-electron chi connectivity index (χ4n) is 2.25. The van der Waals surface area contributed by atoms with Crippen LogP contribution in [0.25, 0.3) is 0 Å². The first-order valence-electron chi connectivity index (χ1n) is 7.02. The topological polar surface area (TPSA) is 69.4 Å². The number of aryl methyl sites for hydroxylation is 1. The second kappa shape index (κ2) is 6.85. The molecule has 5 nitrogen and oxygen atoms in total. The van der Waals surface area contributed by atoms with E-state index in [0.29, 0.717) is 12.4 Å². The molecule has 114 valence electrons. The predicted molar refractivity (Wildman–Crippen MR) is 83.3 cm³/mol. The van der Waals surface area contributed by atoms with Crippen molar-refractivity contribution in [3.63, 3.8) is 0 Å². The number of carbonyl (C=O) groups is 1. The van der Waals surface area contributed by atoms with Gasteiger partial charge in [0, 0.05) is 0 Å². The third-order valence-electron chi connectivity index (χ3n) is 3.44. The van der Waals surface area contributed by atoms with E-state index in [-0.39, 0.29) is 17.0 Å². The van der Waals surface area contributed by atoms with Crippen molar-refractivity contribution < 1.29 is 14.5 Å². The van der Waals surface area contributed by atoms with E-state index < -0.39 is 4.92 Å². The molecule has 0 N–H and O–H groups in total. The Morgan fingerprint density at radius 1 is 1.18 bits per heavy atom. The van der Waals surface area contributed by atoms with Gasteiger partial charge in [0.2, 0.25) is 0 Å². The number of hydrogen-bond donors (Lipinski definition) is 0. The molecule has 5 heteroatoms. The minimum Gasteiger partial charge on any atom is -0.489 e. The quantitative estimate of drug-likeness (QED) is 0.460. The van der Waals surface area contributed by atoms with Crippen LogP contribution in [0.3, 0.4) is 0 Å². The van der Waals surface area contributed by atoms with Gasteiger partial charge in [0.1, 0.15) is 12.4 Å². The average Bonchev–Trinajstić information content (AvgIpc) is 2.52. The van der Waals surface area contributed by atoms with Crippen LogP contribution in [0.5, 0.6) is 5.75 Å². The Balaban J connectivity index is 2.22. The monoisotopic (exact) mass is 299 g/mol. The number of nitro groups is 1. The smallest absolute Gasteiger partial charge is 0.283 e. The molecule has 0 fully saturated rings. The van der Waals surface area contributed by atoms with Crippen LogP contribution in [0.4, 0.5) is 5.69 Å². The third kappa shape index (κ3) is 3.49. The molecule has 0 saturated heterocycles. The van der Waals surface area contributed by atoms with E-state index in [4.69, 9.17) is 4.74 Å². The highest BCUT2D eigenvalue weighted by Gasteiger charge is 2.18. The molecule has 0 heterocycles. The largest absolute Gasteiger partial charge is 0.489 e. The van der Waals surface area contributed by atoms with Gasteiger partial charge in [0.15, 0.2) is 5.78 Å². The third-order valence-corrected chi connectivity index (χ3v) is 3.44. The molecule has 22 heavy (non-hydrogen) atoms. The molecule has 0 aromatic heterocycles. The molecule has 0 spiro atoms. The minimum absolute atomic E-state index is 0.0892. The molecule has 0 radical (unpaired) electrons. The van der Waals surface area contributed by atoms with Crippen molar-refractivity contribution in [3.8, 4) is 5.75 Å². The highest BCUT2D eigenvalue weighted by molar-refractivity contribution is 5.98. The van der Waals surface area contributed by atoms with E-state index in [1.807, 2.05) is 24.3 Å². The van der Waals surface area contributed by atoms with Crippen LogP contribution in [0.1, 0.15) is 35.3 Å². The van der Waals surface area contributed by atoms with E-state index in [1.165, 1.54) is 24.6 Å². The molecule has 0 atom stereocenters. The van der Waals surface area contributed by atoms with E-state index in [2.05, 4.69) is 6.92 Å². The van der Waals surface area contributed by atoms with Gasteiger partial charge in [-0.3, -0.25) is 14.9 Å². The zero-order chi connectivity index (χ0) is 16.1. The number of nitro benzene ring substituents is 1. The number of rotatable bonds is 6. The van der Waals surface area contributed by atoms with Gasteiger partial charge in [-0.05, 0) is 36.6 Å². The molecular formula is C17H17NO4. The molecule has 0 bridgehead atoms. The summed E-state index contributed by atoms with van der Waals surface area (Å²) in [6.45, 7) is 3.70. The number of hydrogen-bond acceptors (Lipinski definition) is 4. The Labute approximate surface area is 128 Å². The Morgan fingerprint density at radius 3 is 2.45 bits per heavy atom. The lowest BCUT2D eigenvalue weighted by molar-refractivity contribution is -0.385. The number of Topliss-reactive ketones (excluding diaryl/α,β-unsaturated/α-hetero) is 1. The molecule has 0 aliphatic carbocycles. The maximum absolute atomic E-state index is 11.4. The molecule has 0 saturated carbocycles. The summed E-state index contributed by atoms with van der Waals surface area (Å²) in [5.74, 6) is 0.0391. The summed E-state index contributed by atoms with van der Waals surface area (Å²) in [6.07, 6.45) is 0.892. The van der Waals surface area contributed by atoms with E-state index >= 15 is 0 Å². The van der Waals surface area contributed by atoms with Gasteiger partial charge in [-0.1, -0.05) is 31.2 Å². The average molecular weight is 299 g/mol. The molecule has 0 unspecified atom stereocenters. The maximum atomic E-state index is 11.4. The van der Waals surface area contributed by atoms with Crippen molar-refractivity contribution in [3.05, 3.63) is 69.3 Å². The highest BCUT2D eigenvalue weighted by atomic mass is 16.6. The first kappa shape index (κ1) is 15.7. The molecule has 0 aliphatic heterocycles. The lowest BCUT2D eigenvalue weighted by Crippen LogP contribution is -2.03. The molecule has 2 aromatic rings. The molecule has 0 aliphatic rings. The Bertz CT molecular complexity index is 710. The van der Waals surface area contributed by atoms with Crippen LogP contribution in [0.2, 0.25) is 0 Å². The van der Waals surface area contributed by atoms with Crippen LogP contribution in [0.15, 0.2) is 42.5 Å². The van der Waals surface area contributed by atoms with Crippen LogP contribution in [-0.2, 0) is 13.0 Å². The second-order valence-electron chi connectivity index (χ2n) is 4.90. The van der Waals surface area contributed by atoms with Crippen molar-refractivity contribution in [2.75, 3.05) is 0 Å². The lowest BCUT2D eigenvalue weighted by atomic mass is 10.1. The van der Waals surface area contributed by atoms with Crippen molar-refractivity contribution in [2.45, 2.75) is 26.9 Å². The van der Waals surface area contributed by atoms with Crippen molar-refractivity contribution in [1.29, 1.82) is 0 Å². The molecule has 2 rings (SSSR count). The number of ether oxygens (including phenoxy) is 1. The number of ketones is 1. The zero-order valence-corrected chi connectivity index (χ0v) is 12.5. The summed E-state index contributed by atoms with van der Waals surface area (Å²) in [5, 5.41) is 11.1. The second-order valence-corrected chi connectivity index (χ2v) is 4.90. The standard InChI is InChI=1S/C17H17NO4/c1-3-13-6-4-5-7-14(13)11-22-15-8-9-16(12(2)19)17(10-15)18(20)21/h4-10H,3,11H2,1-2H3. The normalized spacial score (nSPS) is 10.3. The van der Waals surface area contributed by atoms with Crippen LogP contribution >= 0.6 is 0 Å². The Hall–Kier alpha value is -2.69. The Kier molecular flexibility index (Phi) is 4.88. The summed E-state index contributed by atoms with van der Waals surface area (Å²) in [4.78, 5) is 21.9. The van der Waals surface area contributed by atoms with Crippen LogP contribution in [0, 0.1) is 10.1 Å². The van der Waals surface area contributed by atoms with Gasteiger partial charge in [-0.2, -0.15) is 0 Å². The molecule has 2 aromatic carbocycles. The van der Waals surface area contributed by atoms with Gasteiger partial charge in [0.05, 0.1) is 16.6 Å². The summed E-state index contributed by atoms with van der Waals surface area (Å²) in [5.41, 5.74) is 2.08. The van der Waals surface area contributed by atoms with Gasteiger partial charge in [-0.25, -0.2) is 0 Å². The first-order chi connectivity index (χ1) is 10.5. The summed E-state index contributed by atoms with van der Waals surface area (Å²) >= 11 is 0. The maximum Gasteiger partial charge on any atom is 0.283 e. The van der Waals surface area contributed by atoms with Crippen molar-refractivity contribution >= 4 is 11.5 Å². The van der Waals surface area contributed by atoms with E-state index in [1.54, 1.807) is 6.07 Å². The van der Waals surface area contributed by atoms with Crippen molar-refractivity contribution in [2.24, 2.45) is 0 Å². The van der Waals surface area contributed by atoms with Crippen LogP contribution in [-0.4, -0.2) is 10.7 Å². The fraction of sp³-hybridized carbons (Fsp3) is 0.235. The summed E-state index contributed by atoms with van der Waals surface area (Å²) in [6, 6.07) is 12.2. The summed E-state index contributed by atoms with van der Waals surface area (Å²) in [7, 11) is 0. The van der Waals surface area contributed by atoms with Gasteiger partial charge in [-0.15, -0.1) is 0 Å². The van der Waals surface area contributed by atoms with E-state index in [0.717, 1.165) is 12.0 Å². The van der Waals surface area contributed by atoms with Gasteiger partial charge < -0.3 is 4.74 Å². The highest BCUT2D eigenvalue weighted by Crippen LogP contribution is 2.26.